The van der Waals surface area contributed by atoms with Gasteiger partial charge in [0, 0.05) is 50.6 Å². The van der Waals surface area contributed by atoms with E-state index < -0.39 is 0 Å². The van der Waals surface area contributed by atoms with Crippen molar-refractivity contribution >= 4 is 28.9 Å². The number of piperazine rings is 1. The van der Waals surface area contributed by atoms with E-state index in [1.165, 1.54) is 0 Å². The molecule has 2 fully saturated rings. The Morgan fingerprint density at radius 3 is 2.31 bits per heavy atom. The van der Waals surface area contributed by atoms with Crippen molar-refractivity contribution in [3.63, 3.8) is 0 Å². The number of aryl methyl sites for hydroxylation is 1. The number of oxazole rings is 1. The number of amides is 1. The van der Waals surface area contributed by atoms with Crippen molar-refractivity contribution < 1.29 is 23.4 Å². The van der Waals surface area contributed by atoms with E-state index in [9.17, 15) is 4.79 Å². The summed E-state index contributed by atoms with van der Waals surface area (Å²) in [4.78, 5) is 29.4. The fraction of sp³-hybridized carbons (Fsp3) is 0.462. The number of carbonyl (C=O) groups excluding carboxylic acids is 1. The first kappa shape index (κ1) is 33.1. The first-order valence-corrected chi connectivity index (χ1v) is 17.8. The highest BCUT2D eigenvalue weighted by molar-refractivity contribution is 6.03. The van der Waals surface area contributed by atoms with Gasteiger partial charge in [-0.05, 0) is 100 Å². The van der Waals surface area contributed by atoms with Gasteiger partial charge in [-0.15, -0.1) is 0 Å². The fourth-order valence-corrected chi connectivity index (χ4v) is 7.02. The van der Waals surface area contributed by atoms with Crippen molar-refractivity contribution in [1.82, 2.24) is 19.7 Å². The van der Waals surface area contributed by atoms with Gasteiger partial charge in [0.15, 0.2) is 17.1 Å². The Morgan fingerprint density at radius 2 is 1.57 bits per heavy atom. The van der Waals surface area contributed by atoms with E-state index in [1.807, 2.05) is 72.6 Å². The second-order valence-electron chi connectivity index (χ2n) is 13.3. The van der Waals surface area contributed by atoms with E-state index in [0.717, 1.165) is 124 Å². The van der Waals surface area contributed by atoms with Crippen LogP contribution in [0.15, 0.2) is 64.0 Å². The van der Waals surface area contributed by atoms with Gasteiger partial charge in [0.25, 0.3) is 5.91 Å². The molecule has 1 aromatic heterocycles. The zero-order valence-corrected chi connectivity index (χ0v) is 28.7. The molecule has 0 N–H and O–H groups in total. The number of unbranched alkanes of at least 4 members (excludes halogenated alkanes) is 2. The van der Waals surface area contributed by atoms with Crippen molar-refractivity contribution in [1.29, 1.82) is 0 Å². The quantitative estimate of drug-likeness (QED) is 0.136. The van der Waals surface area contributed by atoms with Gasteiger partial charge in [-0.2, -0.15) is 0 Å². The lowest BCUT2D eigenvalue weighted by Crippen LogP contribution is -2.46. The third-order valence-corrected chi connectivity index (χ3v) is 9.89. The first-order valence-electron chi connectivity index (χ1n) is 17.8. The number of rotatable bonds is 14. The zero-order valence-electron chi connectivity index (χ0n) is 28.7. The standard InChI is InChI=1S/C39H47N5O5/c1-28-24-31-33(40-27-30-10-9-17-44(30)39(31)45)26-36(28)48-23-8-6-16-43-20-18-42(19-21-43)15-5-7-22-47-35-14-13-29(25-37(35)46-2)38-41-32-11-3-4-12-34(32)49-38/h3-4,11-14,24-27,30H,5-10,15-23H2,1-2H3/t30-/m0/s1. The summed E-state index contributed by atoms with van der Waals surface area (Å²) in [6.07, 6.45) is 8.17. The number of aromatic nitrogens is 1. The van der Waals surface area contributed by atoms with Crippen LogP contribution in [0.1, 0.15) is 54.4 Å². The van der Waals surface area contributed by atoms with Gasteiger partial charge in [-0.25, -0.2) is 4.98 Å². The van der Waals surface area contributed by atoms with Crippen LogP contribution in [0.4, 0.5) is 5.69 Å². The molecule has 258 valence electrons. The second-order valence-corrected chi connectivity index (χ2v) is 13.3. The van der Waals surface area contributed by atoms with E-state index in [4.69, 9.17) is 18.6 Å². The van der Waals surface area contributed by atoms with Crippen LogP contribution in [0, 0.1) is 6.92 Å². The minimum Gasteiger partial charge on any atom is -0.493 e. The molecule has 0 aliphatic carbocycles. The maximum Gasteiger partial charge on any atom is 0.256 e. The Hall–Kier alpha value is -4.41. The van der Waals surface area contributed by atoms with Gasteiger partial charge in [-0.1, -0.05) is 12.1 Å². The van der Waals surface area contributed by atoms with Gasteiger partial charge in [0.05, 0.1) is 37.6 Å². The molecule has 0 unspecified atom stereocenters. The molecule has 4 aromatic rings. The molecule has 49 heavy (non-hydrogen) atoms. The Bertz CT molecular complexity index is 1750. The summed E-state index contributed by atoms with van der Waals surface area (Å²) >= 11 is 0. The monoisotopic (exact) mass is 665 g/mol. The SMILES string of the molecule is COc1cc(-c2nc3ccccc3o2)ccc1OCCCCN1CCN(CCCCOc2cc3c(cc2C)C(=O)N2CCC[C@H]2C=N3)CC1. The summed E-state index contributed by atoms with van der Waals surface area (Å²) < 4.78 is 23.8. The number of aliphatic imine (C=N–C) groups is 1. The Morgan fingerprint density at radius 1 is 0.837 bits per heavy atom. The van der Waals surface area contributed by atoms with Gasteiger partial charge < -0.3 is 33.3 Å². The van der Waals surface area contributed by atoms with Crippen LogP contribution < -0.4 is 14.2 Å². The van der Waals surface area contributed by atoms with Crippen molar-refractivity contribution in [2.45, 2.75) is 51.5 Å². The normalized spacial score (nSPS) is 18.0. The topological polar surface area (TPSA) is 92.9 Å². The number of para-hydroxylation sites is 2. The summed E-state index contributed by atoms with van der Waals surface area (Å²) in [6.45, 7) is 10.8. The number of hydrogen-bond donors (Lipinski definition) is 0. The Kier molecular flexibility index (Phi) is 10.4. The van der Waals surface area contributed by atoms with E-state index in [1.54, 1.807) is 7.11 Å². The van der Waals surface area contributed by atoms with Gasteiger partial charge >= 0.3 is 0 Å². The summed E-state index contributed by atoms with van der Waals surface area (Å²) in [7, 11) is 1.66. The van der Waals surface area contributed by atoms with Crippen molar-refractivity contribution in [2.24, 2.45) is 4.99 Å². The van der Waals surface area contributed by atoms with Crippen LogP contribution in [-0.2, 0) is 0 Å². The lowest BCUT2D eigenvalue weighted by atomic mass is 10.1. The van der Waals surface area contributed by atoms with Crippen LogP contribution >= 0.6 is 0 Å². The third-order valence-electron chi connectivity index (χ3n) is 9.89. The smallest absolute Gasteiger partial charge is 0.256 e. The molecule has 10 nitrogen and oxygen atoms in total. The highest BCUT2D eigenvalue weighted by Gasteiger charge is 2.32. The van der Waals surface area contributed by atoms with Crippen LogP contribution in [0.3, 0.4) is 0 Å². The molecule has 3 aliphatic heterocycles. The maximum atomic E-state index is 13.0. The van der Waals surface area contributed by atoms with E-state index in [2.05, 4.69) is 19.8 Å². The molecule has 3 aromatic carbocycles. The average molecular weight is 666 g/mol. The summed E-state index contributed by atoms with van der Waals surface area (Å²) in [5.41, 5.74) is 4.88. The number of carbonyl (C=O) groups is 1. The van der Waals surface area contributed by atoms with Crippen molar-refractivity contribution in [3.05, 3.63) is 65.7 Å². The van der Waals surface area contributed by atoms with Crippen LogP contribution in [0.2, 0.25) is 0 Å². The lowest BCUT2D eigenvalue weighted by molar-refractivity contribution is 0.0774. The Balaban J connectivity index is 0.771. The van der Waals surface area contributed by atoms with Crippen molar-refractivity contribution in [2.75, 3.05) is 66.1 Å². The second kappa shape index (κ2) is 15.4. The molecule has 1 amide bonds. The molecule has 3 aliphatic rings. The number of nitrogens with zero attached hydrogens (tertiary/aromatic N) is 5. The van der Waals surface area contributed by atoms with Crippen molar-refractivity contribution in [3.8, 4) is 28.7 Å². The molecule has 1 atom stereocenters. The summed E-state index contributed by atoms with van der Waals surface area (Å²) in [6, 6.07) is 17.6. The highest BCUT2D eigenvalue weighted by Crippen LogP contribution is 2.35. The van der Waals surface area contributed by atoms with E-state index >= 15 is 0 Å². The van der Waals surface area contributed by atoms with Gasteiger partial charge in [-0.3, -0.25) is 9.79 Å². The highest BCUT2D eigenvalue weighted by atomic mass is 16.5. The van der Waals surface area contributed by atoms with Gasteiger partial charge in [0.2, 0.25) is 5.89 Å². The Labute approximate surface area is 288 Å². The molecule has 10 heteroatoms. The number of fused-ring (bicyclic) bond motifs is 3. The number of methoxy groups -OCH3 is 1. The molecular weight excluding hydrogens is 618 g/mol. The summed E-state index contributed by atoms with van der Waals surface area (Å²) in [5, 5.41) is 0. The number of hydrogen-bond acceptors (Lipinski definition) is 9. The third kappa shape index (κ3) is 7.76. The molecule has 4 heterocycles. The molecule has 0 bridgehead atoms. The number of ether oxygens (including phenoxy) is 3. The first-order chi connectivity index (χ1) is 24.1. The molecule has 7 rings (SSSR count). The number of benzene rings is 3. The largest absolute Gasteiger partial charge is 0.493 e. The molecule has 2 saturated heterocycles. The fourth-order valence-electron chi connectivity index (χ4n) is 7.02. The van der Waals surface area contributed by atoms with Crippen LogP contribution in [0.25, 0.3) is 22.6 Å². The zero-order chi connectivity index (χ0) is 33.6. The molecule has 0 saturated carbocycles. The van der Waals surface area contributed by atoms with E-state index in [-0.39, 0.29) is 11.9 Å². The summed E-state index contributed by atoms with van der Waals surface area (Å²) in [5.74, 6) is 2.91. The molecule has 0 radical (unpaired) electrons. The molecular formula is C39H47N5O5. The predicted octanol–water partition coefficient (Wildman–Crippen LogP) is 6.77. The minimum atomic E-state index is 0.0937. The maximum absolute atomic E-state index is 13.0. The predicted molar refractivity (Wildman–Crippen MR) is 192 cm³/mol. The van der Waals surface area contributed by atoms with Crippen LogP contribution in [-0.4, -0.2) is 104 Å². The molecule has 0 spiro atoms. The van der Waals surface area contributed by atoms with Crippen LogP contribution in [0.5, 0.6) is 17.2 Å². The minimum absolute atomic E-state index is 0.0937. The average Bonchev–Trinajstić information content (AvgIpc) is 3.76. The lowest BCUT2D eigenvalue weighted by Gasteiger charge is -2.34. The van der Waals surface area contributed by atoms with Gasteiger partial charge in [0.1, 0.15) is 11.3 Å². The van der Waals surface area contributed by atoms with E-state index in [0.29, 0.717) is 30.4 Å².